The van der Waals surface area contributed by atoms with Crippen molar-refractivity contribution in [1.82, 2.24) is 4.98 Å². The molecular formula is C13H10BrN3O4. The molecule has 0 saturated carbocycles. The zero-order chi connectivity index (χ0) is 14.8. The molecule has 1 aliphatic rings. The van der Waals surface area contributed by atoms with Gasteiger partial charge in [0.2, 0.25) is 6.79 Å². The second kappa shape index (κ2) is 5.57. The van der Waals surface area contributed by atoms with Crippen molar-refractivity contribution < 1.29 is 14.4 Å². The minimum Gasteiger partial charge on any atom is -0.454 e. The van der Waals surface area contributed by atoms with Crippen LogP contribution in [0.4, 0.5) is 11.5 Å². The van der Waals surface area contributed by atoms with Gasteiger partial charge in [-0.15, -0.1) is 0 Å². The number of nitrogens with zero attached hydrogens (tertiary/aromatic N) is 2. The van der Waals surface area contributed by atoms with E-state index in [1.165, 1.54) is 12.3 Å². The highest BCUT2D eigenvalue weighted by molar-refractivity contribution is 9.10. The average Bonchev–Trinajstić information content (AvgIpc) is 2.93. The smallest absolute Gasteiger partial charge is 0.288 e. The fourth-order valence-corrected chi connectivity index (χ4v) is 2.37. The standard InChI is InChI=1S/C13H10BrN3O4/c14-10-4-9(17(18)19)6-16-13(10)15-5-8-1-2-11-12(3-8)21-7-20-11/h1-4,6H,5,7H2,(H,15,16). The van der Waals surface area contributed by atoms with Crippen LogP contribution in [-0.2, 0) is 6.54 Å². The van der Waals surface area contributed by atoms with Crippen molar-refractivity contribution in [3.8, 4) is 11.5 Å². The molecule has 1 aliphatic heterocycles. The van der Waals surface area contributed by atoms with Crippen molar-refractivity contribution in [2.45, 2.75) is 6.54 Å². The Morgan fingerprint density at radius 3 is 2.90 bits per heavy atom. The number of pyridine rings is 1. The average molecular weight is 352 g/mol. The molecular weight excluding hydrogens is 342 g/mol. The molecule has 0 aliphatic carbocycles. The maximum atomic E-state index is 10.7. The van der Waals surface area contributed by atoms with E-state index >= 15 is 0 Å². The zero-order valence-electron chi connectivity index (χ0n) is 10.7. The number of nitrogens with one attached hydrogen (secondary N) is 1. The van der Waals surface area contributed by atoms with E-state index in [4.69, 9.17) is 9.47 Å². The molecule has 1 aromatic heterocycles. The molecule has 0 bridgehead atoms. The maximum Gasteiger partial charge on any atom is 0.288 e. The lowest BCUT2D eigenvalue weighted by Gasteiger charge is -2.08. The van der Waals surface area contributed by atoms with Gasteiger partial charge in [0.15, 0.2) is 11.5 Å². The molecule has 3 rings (SSSR count). The summed E-state index contributed by atoms with van der Waals surface area (Å²) in [4.78, 5) is 14.2. The third-order valence-electron chi connectivity index (χ3n) is 2.93. The lowest BCUT2D eigenvalue weighted by molar-refractivity contribution is -0.385. The lowest BCUT2D eigenvalue weighted by atomic mass is 10.2. The lowest BCUT2D eigenvalue weighted by Crippen LogP contribution is -2.02. The molecule has 108 valence electrons. The summed E-state index contributed by atoms with van der Waals surface area (Å²) in [5.74, 6) is 1.98. The summed E-state index contributed by atoms with van der Waals surface area (Å²) in [6, 6.07) is 7.06. The summed E-state index contributed by atoms with van der Waals surface area (Å²) in [5, 5.41) is 13.8. The first-order chi connectivity index (χ1) is 10.1. The summed E-state index contributed by atoms with van der Waals surface area (Å²) in [6.07, 6.45) is 1.22. The fourth-order valence-electron chi connectivity index (χ4n) is 1.89. The van der Waals surface area contributed by atoms with Gasteiger partial charge in [0, 0.05) is 12.6 Å². The summed E-state index contributed by atoms with van der Waals surface area (Å²) in [7, 11) is 0. The first kappa shape index (κ1) is 13.6. The van der Waals surface area contributed by atoms with Crippen LogP contribution in [0.1, 0.15) is 5.56 Å². The predicted molar refractivity (Wildman–Crippen MR) is 78.5 cm³/mol. The molecule has 0 spiro atoms. The van der Waals surface area contributed by atoms with E-state index in [1.54, 1.807) is 0 Å². The zero-order valence-corrected chi connectivity index (χ0v) is 12.3. The van der Waals surface area contributed by atoms with E-state index < -0.39 is 4.92 Å². The number of aromatic nitrogens is 1. The highest BCUT2D eigenvalue weighted by Gasteiger charge is 2.14. The van der Waals surface area contributed by atoms with E-state index in [2.05, 4.69) is 26.2 Å². The van der Waals surface area contributed by atoms with E-state index in [-0.39, 0.29) is 12.5 Å². The van der Waals surface area contributed by atoms with Crippen molar-refractivity contribution in [1.29, 1.82) is 0 Å². The third kappa shape index (κ3) is 2.89. The quantitative estimate of drug-likeness (QED) is 0.672. The number of ether oxygens (including phenoxy) is 2. The van der Waals surface area contributed by atoms with E-state index in [0.717, 1.165) is 11.3 Å². The molecule has 1 N–H and O–H groups in total. The molecule has 0 saturated heterocycles. The molecule has 0 atom stereocenters. The Labute approximate surface area is 128 Å². The molecule has 0 amide bonds. The number of anilines is 1. The molecule has 0 radical (unpaired) electrons. The molecule has 2 heterocycles. The Kier molecular flexibility index (Phi) is 3.61. The SMILES string of the molecule is O=[N+]([O-])c1cnc(NCc2ccc3c(c2)OCO3)c(Br)c1. The summed E-state index contributed by atoms with van der Waals surface area (Å²) >= 11 is 3.26. The first-order valence-corrected chi connectivity index (χ1v) is 6.85. The third-order valence-corrected chi connectivity index (χ3v) is 3.54. The molecule has 0 unspecified atom stereocenters. The van der Waals surface area contributed by atoms with Crippen molar-refractivity contribution in [2.24, 2.45) is 0 Å². The number of hydrogen-bond donors (Lipinski definition) is 1. The maximum absolute atomic E-state index is 10.7. The fraction of sp³-hybridized carbons (Fsp3) is 0.154. The van der Waals surface area contributed by atoms with E-state index in [1.807, 2.05) is 18.2 Å². The van der Waals surface area contributed by atoms with Crippen molar-refractivity contribution in [3.63, 3.8) is 0 Å². The van der Waals surface area contributed by atoms with Gasteiger partial charge in [-0.3, -0.25) is 10.1 Å². The monoisotopic (exact) mass is 351 g/mol. The number of nitro groups is 1. The van der Waals surface area contributed by atoms with Crippen molar-refractivity contribution in [2.75, 3.05) is 12.1 Å². The second-order valence-corrected chi connectivity index (χ2v) is 5.18. The van der Waals surface area contributed by atoms with Crippen LogP contribution in [0.3, 0.4) is 0 Å². The largest absolute Gasteiger partial charge is 0.454 e. The number of benzene rings is 1. The van der Waals surface area contributed by atoms with Crippen LogP contribution in [0.5, 0.6) is 11.5 Å². The Balaban J connectivity index is 1.71. The number of fused-ring (bicyclic) bond motifs is 1. The van der Waals surface area contributed by atoms with Gasteiger partial charge in [-0.2, -0.15) is 0 Å². The number of halogens is 1. The Morgan fingerprint density at radius 1 is 1.33 bits per heavy atom. The van der Waals surface area contributed by atoms with Crippen LogP contribution in [0.15, 0.2) is 34.9 Å². The molecule has 7 nitrogen and oxygen atoms in total. The summed E-state index contributed by atoms with van der Waals surface area (Å²) in [6.45, 7) is 0.752. The van der Waals surface area contributed by atoms with Crippen LogP contribution in [0, 0.1) is 10.1 Å². The van der Waals surface area contributed by atoms with E-state index in [9.17, 15) is 10.1 Å². The van der Waals surface area contributed by atoms with Crippen LogP contribution in [0.25, 0.3) is 0 Å². The van der Waals surface area contributed by atoms with Crippen molar-refractivity contribution in [3.05, 3.63) is 50.6 Å². The highest BCUT2D eigenvalue weighted by atomic mass is 79.9. The van der Waals surface area contributed by atoms with Gasteiger partial charge >= 0.3 is 0 Å². The van der Waals surface area contributed by atoms with Gasteiger partial charge in [-0.1, -0.05) is 6.07 Å². The van der Waals surface area contributed by atoms with Gasteiger partial charge in [0.25, 0.3) is 5.69 Å². The summed E-state index contributed by atoms with van der Waals surface area (Å²) in [5.41, 5.74) is 0.932. The van der Waals surface area contributed by atoms with Gasteiger partial charge in [0.1, 0.15) is 12.0 Å². The highest BCUT2D eigenvalue weighted by Crippen LogP contribution is 2.33. The van der Waals surface area contributed by atoms with Crippen LogP contribution >= 0.6 is 15.9 Å². The van der Waals surface area contributed by atoms with Gasteiger partial charge in [-0.05, 0) is 33.6 Å². The Hall–Kier alpha value is -2.35. The van der Waals surface area contributed by atoms with Gasteiger partial charge in [0.05, 0.1) is 9.40 Å². The molecule has 21 heavy (non-hydrogen) atoms. The van der Waals surface area contributed by atoms with Gasteiger partial charge in [-0.25, -0.2) is 4.98 Å². The molecule has 8 heteroatoms. The first-order valence-electron chi connectivity index (χ1n) is 6.06. The topological polar surface area (TPSA) is 86.5 Å². The molecule has 0 fully saturated rings. The molecule has 2 aromatic rings. The van der Waals surface area contributed by atoms with E-state index in [0.29, 0.717) is 22.6 Å². The Morgan fingerprint density at radius 2 is 2.14 bits per heavy atom. The van der Waals surface area contributed by atoms with Crippen LogP contribution in [-0.4, -0.2) is 16.7 Å². The minimum absolute atomic E-state index is 0.0597. The predicted octanol–water partition coefficient (Wildman–Crippen LogP) is 3.09. The summed E-state index contributed by atoms with van der Waals surface area (Å²) < 4.78 is 11.1. The van der Waals surface area contributed by atoms with Crippen LogP contribution in [0.2, 0.25) is 0 Å². The number of rotatable bonds is 4. The number of hydrogen-bond acceptors (Lipinski definition) is 6. The van der Waals surface area contributed by atoms with Gasteiger partial charge < -0.3 is 14.8 Å². The molecule has 1 aromatic carbocycles. The minimum atomic E-state index is -0.487. The second-order valence-electron chi connectivity index (χ2n) is 4.32. The van der Waals surface area contributed by atoms with Crippen molar-refractivity contribution >= 4 is 27.4 Å². The van der Waals surface area contributed by atoms with Crippen LogP contribution < -0.4 is 14.8 Å². The normalized spacial score (nSPS) is 12.2. The Bertz CT molecular complexity index is 708.